The summed E-state index contributed by atoms with van der Waals surface area (Å²) in [4.78, 5) is 0. The first-order valence-electron chi connectivity index (χ1n) is 16.3. The van der Waals surface area contributed by atoms with E-state index in [0.29, 0.717) is 41.1 Å². The first-order chi connectivity index (χ1) is 19.6. The number of aliphatic hydroxyl groups excluding tert-OH is 3. The normalized spacial score (nSPS) is 43.8. The van der Waals surface area contributed by atoms with E-state index in [1.165, 1.54) is 41.5 Å². The van der Waals surface area contributed by atoms with Gasteiger partial charge in [-0.15, -0.1) is 0 Å². The van der Waals surface area contributed by atoms with E-state index in [1.54, 1.807) is 6.07 Å². The van der Waals surface area contributed by atoms with E-state index in [2.05, 4.69) is 26.0 Å². The zero-order chi connectivity index (χ0) is 28.7. The van der Waals surface area contributed by atoms with E-state index >= 15 is 0 Å². The van der Waals surface area contributed by atoms with Crippen LogP contribution in [-0.4, -0.2) is 43.8 Å². The summed E-state index contributed by atoms with van der Waals surface area (Å²) in [5.41, 5.74) is 5.56. The number of aryl methyl sites for hydroxylation is 2. The smallest absolute Gasteiger partial charge is 0.115 e. The van der Waals surface area contributed by atoms with Gasteiger partial charge in [-0.25, -0.2) is 0 Å². The summed E-state index contributed by atoms with van der Waals surface area (Å²) >= 11 is 0. The molecule has 6 aliphatic carbocycles. The Balaban J connectivity index is 0.000000135. The third kappa shape index (κ3) is 4.28. The molecule has 0 saturated heterocycles. The van der Waals surface area contributed by atoms with Crippen LogP contribution in [-0.2, 0) is 12.8 Å². The molecule has 0 bridgehead atoms. The molecule has 2 aromatic carbocycles. The van der Waals surface area contributed by atoms with Crippen LogP contribution in [0.2, 0.25) is 0 Å². The van der Waals surface area contributed by atoms with Crippen LogP contribution >= 0.6 is 0 Å². The summed E-state index contributed by atoms with van der Waals surface area (Å²) in [6.07, 6.45) is 10.6. The molecule has 2 aromatic rings. The first-order valence-corrected chi connectivity index (χ1v) is 16.3. The summed E-state index contributed by atoms with van der Waals surface area (Å²) in [7, 11) is 0. The lowest BCUT2D eigenvalue weighted by Crippen LogP contribution is -2.44. The molecule has 5 heteroatoms. The minimum Gasteiger partial charge on any atom is -0.508 e. The fourth-order valence-corrected chi connectivity index (χ4v) is 11.1. The molecule has 0 spiro atoms. The van der Waals surface area contributed by atoms with Gasteiger partial charge in [0.1, 0.15) is 11.5 Å². The van der Waals surface area contributed by atoms with E-state index in [4.69, 9.17) is 0 Å². The van der Waals surface area contributed by atoms with Gasteiger partial charge < -0.3 is 25.5 Å². The van der Waals surface area contributed by atoms with E-state index in [-0.39, 0.29) is 16.9 Å². The minimum atomic E-state index is -0.565. The molecular weight excluding hydrogens is 512 g/mol. The number of phenolic OH excluding ortho intramolecular Hbond substituents is 2. The standard InChI is InChI=1S/C18H24O3.C18H24O2/c1-18-7-6-13-12-5-3-11(19)8-10(12)2-4-14(13)15(18)9-16(20)17(18)21;1-18-9-8-14-13-5-3-12(19)10-11(13)2-4-15(14)16(18)6-7-17(18)20/h3,5,8,13-17,19-21H,2,4,6-7,9H2,1H3;3,5,10,14-17,19-20H,2,4,6-9H2,1H3/t13-,14-,15+,16-,17+,18+;14-,15-,16+,17+,18+/m11/s1. The molecule has 0 aliphatic heterocycles. The van der Waals surface area contributed by atoms with Crippen molar-refractivity contribution in [1.29, 1.82) is 0 Å². The second-order valence-electron chi connectivity index (χ2n) is 15.0. The van der Waals surface area contributed by atoms with Crippen LogP contribution in [0.15, 0.2) is 36.4 Å². The fourth-order valence-electron chi connectivity index (χ4n) is 11.1. The van der Waals surface area contributed by atoms with Gasteiger partial charge in [0, 0.05) is 0 Å². The molecule has 5 nitrogen and oxygen atoms in total. The number of hydrogen-bond donors (Lipinski definition) is 5. The molecule has 222 valence electrons. The average Bonchev–Trinajstić information content (AvgIpc) is 3.39. The number of hydrogen-bond acceptors (Lipinski definition) is 5. The fraction of sp³-hybridized carbons (Fsp3) is 0.667. The van der Waals surface area contributed by atoms with Crippen LogP contribution in [0, 0.1) is 34.5 Å². The summed E-state index contributed by atoms with van der Waals surface area (Å²) in [5.74, 6) is 4.36. The number of rotatable bonds is 0. The largest absolute Gasteiger partial charge is 0.508 e. The predicted octanol–water partition coefficient (Wildman–Crippen LogP) is 6.19. The Morgan fingerprint density at radius 2 is 1.17 bits per heavy atom. The Morgan fingerprint density at radius 1 is 0.634 bits per heavy atom. The maximum Gasteiger partial charge on any atom is 0.115 e. The molecular formula is C36H48O5. The highest BCUT2D eigenvalue weighted by atomic mass is 16.3. The van der Waals surface area contributed by atoms with Crippen LogP contribution in [0.4, 0.5) is 0 Å². The zero-order valence-electron chi connectivity index (χ0n) is 24.7. The Labute approximate surface area is 244 Å². The molecule has 4 fully saturated rings. The van der Waals surface area contributed by atoms with Crippen molar-refractivity contribution in [3.63, 3.8) is 0 Å². The second-order valence-corrected chi connectivity index (χ2v) is 15.0. The molecule has 8 rings (SSSR count). The van der Waals surface area contributed by atoms with Crippen LogP contribution in [0.25, 0.3) is 0 Å². The topological polar surface area (TPSA) is 101 Å². The Bertz CT molecular complexity index is 1310. The number of fused-ring (bicyclic) bond motifs is 10. The highest BCUT2D eigenvalue weighted by Gasteiger charge is 2.58. The van der Waals surface area contributed by atoms with Crippen molar-refractivity contribution in [3.8, 4) is 11.5 Å². The summed E-state index contributed by atoms with van der Waals surface area (Å²) < 4.78 is 0. The predicted molar refractivity (Wildman–Crippen MR) is 159 cm³/mol. The molecule has 0 heterocycles. The molecule has 5 N–H and O–H groups in total. The number of aliphatic hydroxyl groups is 3. The van der Waals surface area contributed by atoms with Gasteiger partial charge in [0.05, 0.1) is 18.3 Å². The molecule has 4 saturated carbocycles. The maximum absolute atomic E-state index is 10.4. The Kier molecular flexibility index (Phi) is 6.76. The lowest BCUT2D eigenvalue weighted by Gasteiger charge is -2.50. The van der Waals surface area contributed by atoms with Crippen LogP contribution in [0.1, 0.15) is 106 Å². The van der Waals surface area contributed by atoms with E-state index < -0.39 is 12.2 Å². The maximum atomic E-state index is 10.4. The number of phenols is 2. The van der Waals surface area contributed by atoms with Gasteiger partial charge in [0.15, 0.2) is 0 Å². The molecule has 0 radical (unpaired) electrons. The van der Waals surface area contributed by atoms with E-state index in [1.807, 2.05) is 18.2 Å². The second kappa shape index (κ2) is 9.99. The summed E-state index contributed by atoms with van der Waals surface area (Å²) in [6, 6.07) is 11.8. The van der Waals surface area contributed by atoms with Crippen molar-refractivity contribution in [1.82, 2.24) is 0 Å². The van der Waals surface area contributed by atoms with E-state index in [9.17, 15) is 25.5 Å². The molecule has 41 heavy (non-hydrogen) atoms. The van der Waals surface area contributed by atoms with Crippen molar-refractivity contribution in [3.05, 3.63) is 58.7 Å². The SMILES string of the molecule is C[C@]12CC[C@@H]3c4ccc(O)cc4CC[C@H]3[C@@H]1CC[C@@H]2O.C[C@]12CC[C@@H]3c4ccc(O)cc4CC[C@H]3[C@@H]1C[C@@H](O)[C@@H]2O. The van der Waals surface area contributed by atoms with E-state index in [0.717, 1.165) is 57.3 Å². The minimum absolute atomic E-state index is 0.0883. The molecule has 6 aliphatic rings. The molecule has 11 atom stereocenters. The van der Waals surface area contributed by atoms with Crippen molar-refractivity contribution in [2.75, 3.05) is 0 Å². The first kappa shape index (κ1) is 27.7. The van der Waals surface area contributed by atoms with Crippen molar-refractivity contribution < 1.29 is 25.5 Å². The number of benzene rings is 2. The van der Waals surface area contributed by atoms with Gasteiger partial charge in [0.25, 0.3) is 0 Å². The van der Waals surface area contributed by atoms with Gasteiger partial charge >= 0.3 is 0 Å². The van der Waals surface area contributed by atoms with Gasteiger partial charge in [-0.05, 0) is 163 Å². The van der Waals surface area contributed by atoms with Gasteiger partial charge in [0.2, 0.25) is 0 Å². The Morgan fingerprint density at radius 3 is 1.76 bits per heavy atom. The third-order valence-electron chi connectivity index (χ3n) is 13.3. The molecule has 0 amide bonds. The van der Waals surface area contributed by atoms with Crippen LogP contribution in [0.3, 0.4) is 0 Å². The summed E-state index contributed by atoms with van der Waals surface area (Å²) in [6.45, 7) is 4.49. The molecule has 0 unspecified atom stereocenters. The summed E-state index contributed by atoms with van der Waals surface area (Å²) in [5, 5.41) is 50.3. The quantitative estimate of drug-likeness (QED) is 0.265. The van der Waals surface area contributed by atoms with Gasteiger partial charge in [-0.2, -0.15) is 0 Å². The highest BCUT2D eigenvalue weighted by molar-refractivity contribution is 5.41. The zero-order valence-corrected chi connectivity index (χ0v) is 24.7. The van der Waals surface area contributed by atoms with Gasteiger partial charge in [-0.1, -0.05) is 26.0 Å². The van der Waals surface area contributed by atoms with Crippen molar-refractivity contribution in [2.45, 2.75) is 115 Å². The third-order valence-corrected chi connectivity index (χ3v) is 13.3. The van der Waals surface area contributed by atoms with Crippen LogP contribution < -0.4 is 0 Å². The lowest BCUT2D eigenvalue weighted by atomic mass is 9.55. The monoisotopic (exact) mass is 560 g/mol. The van der Waals surface area contributed by atoms with Crippen LogP contribution in [0.5, 0.6) is 11.5 Å². The lowest BCUT2D eigenvalue weighted by molar-refractivity contribution is -0.0505. The highest BCUT2D eigenvalue weighted by Crippen LogP contribution is 2.62. The number of aromatic hydroxyl groups is 2. The average molecular weight is 561 g/mol. The van der Waals surface area contributed by atoms with Crippen molar-refractivity contribution in [2.24, 2.45) is 34.5 Å². The van der Waals surface area contributed by atoms with Crippen molar-refractivity contribution >= 4 is 0 Å². The Hall–Kier alpha value is -2.08. The van der Waals surface area contributed by atoms with Gasteiger partial charge in [-0.3, -0.25) is 0 Å². The molecule has 0 aromatic heterocycles.